The Balaban J connectivity index is 1.35. The van der Waals surface area contributed by atoms with Crippen LogP contribution in [0.15, 0.2) is 78.0 Å². The molecule has 1 aliphatic rings. The van der Waals surface area contributed by atoms with E-state index in [1.54, 1.807) is 18.2 Å². The third-order valence-electron chi connectivity index (χ3n) is 5.63. The summed E-state index contributed by atoms with van der Waals surface area (Å²) in [6, 6.07) is 21.6. The van der Waals surface area contributed by atoms with E-state index in [1.807, 2.05) is 47.4 Å². The number of aliphatic hydroxyl groups excluding tert-OH is 1. The molecule has 0 fully saturated rings. The molecule has 3 aromatic carbocycles. The smallest absolute Gasteiger partial charge is 0.145 e. The van der Waals surface area contributed by atoms with Crippen LogP contribution in [0.4, 0.5) is 4.39 Å². The molecule has 35 heavy (non-hydrogen) atoms. The third kappa shape index (κ3) is 7.75. The van der Waals surface area contributed by atoms with Crippen molar-refractivity contribution in [1.29, 1.82) is 0 Å². The molecule has 0 radical (unpaired) electrons. The van der Waals surface area contributed by atoms with E-state index >= 15 is 0 Å². The number of nitrogens with zero attached hydrogens (tertiary/aromatic N) is 2. The first kappa shape index (κ1) is 25.6. The standard InChI is InChI=1S/C27H27Cl2FN2O3/c28-25-10-9-21(12-26(25)29)27-13-24(35-31-27)16-32(14-20-7-4-8-22(30)11-20)15-23(33)18-34-17-19-5-2-1-3-6-19/h1-12,23-24,33H,13-18H2. The molecule has 1 aliphatic heterocycles. The van der Waals surface area contributed by atoms with Gasteiger partial charge in [-0.05, 0) is 35.4 Å². The molecule has 5 nitrogen and oxygen atoms in total. The van der Waals surface area contributed by atoms with Crippen LogP contribution in [0.2, 0.25) is 10.0 Å². The van der Waals surface area contributed by atoms with Crippen LogP contribution < -0.4 is 0 Å². The predicted octanol–water partition coefficient (Wildman–Crippen LogP) is 5.71. The van der Waals surface area contributed by atoms with Crippen molar-refractivity contribution in [2.75, 3.05) is 19.7 Å². The van der Waals surface area contributed by atoms with E-state index < -0.39 is 6.10 Å². The number of halogens is 3. The Hall–Kier alpha value is -2.48. The van der Waals surface area contributed by atoms with Gasteiger partial charge in [-0.3, -0.25) is 4.90 Å². The van der Waals surface area contributed by atoms with Gasteiger partial charge in [0.25, 0.3) is 0 Å². The summed E-state index contributed by atoms with van der Waals surface area (Å²) in [5.41, 5.74) is 3.49. The van der Waals surface area contributed by atoms with Gasteiger partial charge in [-0.15, -0.1) is 0 Å². The number of aliphatic hydroxyl groups is 1. The van der Waals surface area contributed by atoms with Gasteiger partial charge in [-0.2, -0.15) is 0 Å². The second-order valence-corrected chi connectivity index (χ2v) is 9.39. The van der Waals surface area contributed by atoms with Crippen molar-refractivity contribution >= 4 is 28.9 Å². The summed E-state index contributed by atoms with van der Waals surface area (Å²) in [6.07, 6.45) is -0.354. The third-order valence-corrected chi connectivity index (χ3v) is 6.37. The van der Waals surface area contributed by atoms with Gasteiger partial charge in [0.1, 0.15) is 11.9 Å². The molecular formula is C27H27Cl2FN2O3. The topological polar surface area (TPSA) is 54.3 Å². The Morgan fingerprint density at radius 3 is 2.60 bits per heavy atom. The maximum Gasteiger partial charge on any atom is 0.145 e. The normalized spacial score (nSPS) is 16.3. The minimum atomic E-state index is -0.718. The van der Waals surface area contributed by atoms with Crippen molar-refractivity contribution < 1.29 is 19.1 Å². The summed E-state index contributed by atoms with van der Waals surface area (Å²) in [4.78, 5) is 7.72. The van der Waals surface area contributed by atoms with Gasteiger partial charge in [0.2, 0.25) is 0 Å². The van der Waals surface area contributed by atoms with Gasteiger partial charge in [-0.1, -0.05) is 76.9 Å². The van der Waals surface area contributed by atoms with Gasteiger partial charge >= 0.3 is 0 Å². The first-order chi connectivity index (χ1) is 17.0. The lowest BCUT2D eigenvalue weighted by Gasteiger charge is -2.27. The van der Waals surface area contributed by atoms with Crippen molar-refractivity contribution in [3.8, 4) is 0 Å². The lowest BCUT2D eigenvalue weighted by Crippen LogP contribution is -2.39. The molecule has 0 bridgehead atoms. The molecule has 2 unspecified atom stereocenters. The first-order valence-corrected chi connectivity index (χ1v) is 12.2. The van der Waals surface area contributed by atoms with Crippen LogP contribution in [0, 0.1) is 5.82 Å². The molecule has 1 heterocycles. The monoisotopic (exact) mass is 516 g/mol. The Bertz CT molecular complexity index is 1150. The summed E-state index contributed by atoms with van der Waals surface area (Å²) in [6.45, 7) is 1.91. The summed E-state index contributed by atoms with van der Waals surface area (Å²) in [7, 11) is 0. The molecular weight excluding hydrogens is 490 g/mol. The van der Waals surface area contributed by atoms with Gasteiger partial charge in [0, 0.05) is 31.6 Å². The Labute approximate surface area is 214 Å². The van der Waals surface area contributed by atoms with Crippen LogP contribution in [0.1, 0.15) is 23.1 Å². The molecule has 0 amide bonds. The highest BCUT2D eigenvalue weighted by atomic mass is 35.5. The molecule has 1 N–H and O–H groups in total. The van der Waals surface area contributed by atoms with Crippen molar-refractivity contribution in [2.24, 2.45) is 5.16 Å². The van der Waals surface area contributed by atoms with Crippen LogP contribution >= 0.6 is 23.2 Å². The molecule has 0 saturated heterocycles. The lowest BCUT2D eigenvalue weighted by atomic mass is 10.0. The van der Waals surface area contributed by atoms with Crippen LogP contribution in [-0.4, -0.2) is 47.6 Å². The van der Waals surface area contributed by atoms with Crippen LogP contribution in [0.5, 0.6) is 0 Å². The number of ether oxygens (including phenoxy) is 1. The van der Waals surface area contributed by atoms with E-state index in [9.17, 15) is 9.50 Å². The number of benzene rings is 3. The van der Waals surface area contributed by atoms with Gasteiger partial charge in [0.15, 0.2) is 0 Å². The number of hydrogen-bond acceptors (Lipinski definition) is 5. The van der Waals surface area contributed by atoms with E-state index in [-0.39, 0.29) is 18.5 Å². The second-order valence-electron chi connectivity index (χ2n) is 8.58. The highest BCUT2D eigenvalue weighted by molar-refractivity contribution is 6.42. The van der Waals surface area contributed by atoms with Crippen molar-refractivity contribution in [2.45, 2.75) is 31.8 Å². The number of hydrogen-bond donors (Lipinski definition) is 1. The molecule has 4 rings (SSSR count). The molecule has 0 aromatic heterocycles. The predicted molar refractivity (Wildman–Crippen MR) is 136 cm³/mol. The van der Waals surface area contributed by atoms with Crippen LogP contribution in [0.3, 0.4) is 0 Å². The summed E-state index contributed by atoms with van der Waals surface area (Å²) in [5, 5.41) is 15.8. The Morgan fingerprint density at radius 1 is 1.03 bits per heavy atom. The Morgan fingerprint density at radius 2 is 1.83 bits per heavy atom. The van der Waals surface area contributed by atoms with Gasteiger partial charge in [-0.25, -0.2) is 4.39 Å². The van der Waals surface area contributed by atoms with Crippen molar-refractivity contribution in [3.63, 3.8) is 0 Å². The second kappa shape index (κ2) is 12.5. The fraction of sp³-hybridized carbons (Fsp3) is 0.296. The molecule has 0 aliphatic carbocycles. The summed E-state index contributed by atoms with van der Waals surface area (Å²) >= 11 is 12.2. The van der Waals surface area contributed by atoms with E-state index in [4.69, 9.17) is 32.8 Å². The van der Waals surface area contributed by atoms with Crippen LogP contribution in [0.25, 0.3) is 0 Å². The molecule has 0 spiro atoms. The number of oxime groups is 1. The largest absolute Gasteiger partial charge is 0.390 e. The zero-order valence-electron chi connectivity index (χ0n) is 19.1. The fourth-order valence-electron chi connectivity index (χ4n) is 4.00. The van der Waals surface area contributed by atoms with E-state index in [0.29, 0.717) is 42.7 Å². The summed E-state index contributed by atoms with van der Waals surface area (Å²) < 4.78 is 19.5. The van der Waals surface area contributed by atoms with E-state index in [2.05, 4.69) is 5.16 Å². The van der Waals surface area contributed by atoms with Gasteiger partial charge < -0.3 is 14.7 Å². The molecule has 3 aromatic rings. The SMILES string of the molecule is OC(COCc1ccccc1)CN(Cc1cccc(F)c1)CC1CC(c2ccc(Cl)c(Cl)c2)=NO1. The summed E-state index contributed by atoms with van der Waals surface area (Å²) in [5.74, 6) is -0.295. The average Bonchev–Trinajstić information content (AvgIpc) is 3.30. The highest BCUT2D eigenvalue weighted by Crippen LogP contribution is 2.26. The Kier molecular flexibility index (Phi) is 9.12. The van der Waals surface area contributed by atoms with E-state index in [0.717, 1.165) is 22.4 Å². The van der Waals surface area contributed by atoms with Gasteiger partial charge in [0.05, 0.1) is 35.1 Å². The maximum atomic E-state index is 13.8. The van der Waals surface area contributed by atoms with Crippen molar-refractivity contribution in [1.82, 2.24) is 4.90 Å². The maximum absolute atomic E-state index is 13.8. The fourth-order valence-corrected chi connectivity index (χ4v) is 4.29. The molecule has 184 valence electrons. The quantitative estimate of drug-likeness (QED) is 0.354. The zero-order valence-corrected chi connectivity index (χ0v) is 20.6. The van der Waals surface area contributed by atoms with E-state index in [1.165, 1.54) is 12.1 Å². The zero-order chi connectivity index (χ0) is 24.6. The lowest BCUT2D eigenvalue weighted by molar-refractivity contribution is -0.00650. The van der Waals surface area contributed by atoms with Crippen molar-refractivity contribution in [3.05, 3.63) is 105 Å². The average molecular weight is 517 g/mol. The van der Waals surface area contributed by atoms with Crippen LogP contribution in [-0.2, 0) is 22.7 Å². The molecule has 8 heteroatoms. The molecule has 0 saturated carbocycles. The minimum Gasteiger partial charge on any atom is -0.390 e. The minimum absolute atomic E-state index is 0.186. The highest BCUT2D eigenvalue weighted by Gasteiger charge is 2.26. The number of rotatable bonds is 11. The molecule has 2 atom stereocenters. The first-order valence-electron chi connectivity index (χ1n) is 11.4.